The number of likely N-dealkylation sites (tertiary alicyclic amines) is 1. The Balaban J connectivity index is 1.27. The summed E-state index contributed by atoms with van der Waals surface area (Å²) in [5.74, 6) is -3.20. The van der Waals surface area contributed by atoms with Crippen molar-refractivity contribution in [1.29, 1.82) is 0 Å². The SMILES string of the molecule is CC(C)(C)[C@H](NC(=O)[C@@H](NC(=O)C(C)(C)N1CCOCC1)C1CCCCC1)C(=O)N1C[C@]2(C[C@H]1C(=O)NC(CC1CCC1)C(=O)C(N)=O)C(C)(C)C21CCC1. The van der Waals surface area contributed by atoms with E-state index in [1.165, 1.54) is 0 Å². The quantitative estimate of drug-likeness (QED) is 0.206. The van der Waals surface area contributed by atoms with E-state index in [-0.39, 0.29) is 39.9 Å². The van der Waals surface area contributed by atoms with Crippen LogP contribution in [0.15, 0.2) is 0 Å². The third-order valence-electron chi connectivity index (χ3n) is 15.5. The summed E-state index contributed by atoms with van der Waals surface area (Å²) >= 11 is 0. The normalized spacial score (nSPS) is 28.3. The van der Waals surface area contributed by atoms with Gasteiger partial charge in [-0.2, -0.15) is 0 Å². The first-order valence-corrected chi connectivity index (χ1v) is 21.2. The minimum Gasteiger partial charge on any atom is -0.379 e. The number of ketones is 1. The van der Waals surface area contributed by atoms with Crippen molar-refractivity contribution in [2.24, 2.45) is 39.2 Å². The molecule has 5 N–H and O–H groups in total. The van der Waals surface area contributed by atoms with Gasteiger partial charge < -0.3 is 31.3 Å². The topological polar surface area (TPSA) is 180 Å². The first-order chi connectivity index (χ1) is 25.8. The van der Waals surface area contributed by atoms with E-state index in [1.54, 1.807) is 4.90 Å². The number of amides is 5. The van der Waals surface area contributed by atoms with Crippen molar-refractivity contribution < 1.29 is 33.5 Å². The number of carbonyl (C=O) groups is 6. The first kappa shape index (κ1) is 41.6. The van der Waals surface area contributed by atoms with Gasteiger partial charge in [-0.15, -0.1) is 0 Å². The Morgan fingerprint density at radius 1 is 0.818 bits per heavy atom. The number of ether oxygens (including phenoxy) is 1. The van der Waals surface area contributed by atoms with Crippen LogP contribution in [0.1, 0.15) is 132 Å². The van der Waals surface area contributed by atoms with Crippen LogP contribution >= 0.6 is 0 Å². The molecule has 13 heteroatoms. The van der Waals surface area contributed by atoms with Crippen LogP contribution in [0.2, 0.25) is 0 Å². The number of nitrogens with two attached hydrogens (primary N) is 1. The number of hydrogen-bond acceptors (Lipinski definition) is 8. The first-order valence-electron chi connectivity index (χ1n) is 21.2. The Hall–Kier alpha value is -3.06. The number of hydrogen-bond donors (Lipinski definition) is 4. The molecule has 0 aromatic heterocycles. The summed E-state index contributed by atoms with van der Waals surface area (Å²) in [6, 6.07) is -3.77. The molecule has 6 fully saturated rings. The van der Waals surface area contributed by atoms with Crippen molar-refractivity contribution in [3.63, 3.8) is 0 Å². The second kappa shape index (κ2) is 15.4. The Labute approximate surface area is 327 Å². The summed E-state index contributed by atoms with van der Waals surface area (Å²) < 4.78 is 5.53. The maximum atomic E-state index is 15.1. The van der Waals surface area contributed by atoms with Gasteiger partial charge >= 0.3 is 0 Å². The molecule has 2 saturated heterocycles. The van der Waals surface area contributed by atoms with Crippen molar-refractivity contribution in [3.05, 3.63) is 0 Å². The highest BCUT2D eigenvalue weighted by Gasteiger charge is 2.85. The lowest BCUT2D eigenvalue weighted by Crippen LogP contribution is -2.64. The molecule has 55 heavy (non-hydrogen) atoms. The van der Waals surface area contributed by atoms with Crippen LogP contribution in [-0.4, -0.2) is 108 Å². The molecule has 308 valence electrons. The lowest BCUT2D eigenvalue weighted by molar-refractivity contribution is -0.146. The molecule has 2 spiro atoms. The van der Waals surface area contributed by atoms with Crippen LogP contribution < -0.4 is 21.7 Å². The minimum absolute atomic E-state index is 0.0199. The van der Waals surface area contributed by atoms with E-state index in [2.05, 4.69) is 34.7 Å². The highest BCUT2D eigenvalue weighted by atomic mass is 16.5. The van der Waals surface area contributed by atoms with Gasteiger partial charge in [-0.3, -0.25) is 33.7 Å². The second-order valence-corrected chi connectivity index (χ2v) is 20.0. The predicted octanol–water partition coefficient (Wildman–Crippen LogP) is 3.22. The van der Waals surface area contributed by atoms with E-state index in [0.29, 0.717) is 45.7 Å². The highest BCUT2D eigenvalue weighted by Crippen LogP contribution is 2.88. The fraction of sp³-hybridized carbons (Fsp3) is 0.857. The molecule has 0 radical (unpaired) electrons. The van der Waals surface area contributed by atoms with E-state index in [0.717, 1.165) is 70.6 Å². The molecule has 5 amide bonds. The van der Waals surface area contributed by atoms with Crippen molar-refractivity contribution in [1.82, 2.24) is 25.8 Å². The van der Waals surface area contributed by atoms with E-state index in [1.807, 2.05) is 34.6 Å². The molecule has 5 atom stereocenters. The summed E-state index contributed by atoms with van der Waals surface area (Å²) in [5.41, 5.74) is 3.45. The number of carbonyl (C=O) groups excluding carboxylic acids is 6. The number of nitrogens with one attached hydrogen (secondary N) is 3. The molecule has 2 heterocycles. The molecular weight excluding hydrogens is 700 g/mol. The standard InChI is InChI=1S/C42H68N6O7/c1-38(2,3)32(46-35(52)30(27-15-9-8-10-16-27)45-37(54)39(4,5)47-19-21-55-22-20-47)36(53)48-25-42(40(6,7)41(42)17-12-18-41)24-29(48)34(51)44-28(31(49)33(43)50)23-26-13-11-14-26/h26-30,32H,8-25H2,1-7H3,(H2,43,50)(H,44,51)(H,45,54)(H,46,52)/t28?,29-,30-,32+,42+/m0/s1. The highest BCUT2D eigenvalue weighted by molar-refractivity contribution is 6.37. The van der Waals surface area contributed by atoms with Crippen molar-refractivity contribution in [2.75, 3.05) is 32.8 Å². The Morgan fingerprint density at radius 2 is 1.45 bits per heavy atom. The van der Waals surface area contributed by atoms with Gasteiger partial charge in [-0.05, 0) is 80.5 Å². The summed E-state index contributed by atoms with van der Waals surface area (Å²) in [7, 11) is 0. The van der Waals surface area contributed by atoms with E-state index < -0.39 is 58.6 Å². The maximum absolute atomic E-state index is 15.1. The third kappa shape index (κ3) is 7.45. The van der Waals surface area contributed by atoms with Gasteiger partial charge in [0.15, 0.2) is 0 Å². The van der Waals surface area contributed by atoms with E-state index in [9.17, 15) is 24.0 Å². The number of nitrogens with zero attached hydrogens (tertiary/aromatic N) is 2. The van der Waals surface area contributed by atoms with E-state index in [4.69, 9.17) is 10.5 Å². The zero-order valence-electron chi connectivity index (χ0n) is 34.5. The Kier molecular flexibility index (Phi) is 11.6. The number of Topliss-reactive ketones (excluding diaryl/α,β-unsaturated/α-hetero) is 1. The molecule has 6 rings (SSSR count). The lowest BCUT2D eigenvalue weighted by atomic mass is 9.73. The molecule has 4 saturated carbocycles. The fourth-order valence-electron chi connectivity index (χ4n) is 11.3. The van der Waals surface area contributed by atoms with Crippen LogP contribution in [-0.2, 0) is 33.5 Å². The van der Waals surface area contributed by atoms with Gasteiger partial charge in [0.25, 0.3) is 5.91 Å². The van der Waals surface area contributed by atoms with Crippen LogP contribution in [0.4, 0.5) is 0 Å². The van der Waals surface area contributed by atoms with Gasteiger partial charge in [0, 0.05) is 25.0 Å². The fourth-order valence-corrected chi connectivity index (χ4v) is 11.3. The van der Waals surface area contributed by atoms with Gasteiger partial charge in [0.05, 0.1) is 24.8 Å². The zero-order valence-corrected chi connectivity index (χ0v) is 34.5. The number of morpholine rings is 1. The average Bonchev–Trinajstić information content (AvgIpc) is 3.31. The second-order valence-electron chi connectivity index (χ2n) is 20.0. The predicted molar refractivity (Wildman–Crippen MR) is 207 cm³/mol. The summed E-state index contributed by atoms with van der Waals surface area (Å²) in [6.07, 6.45) is 11.4. The summed E-state index contributed by atoms with van der Waals surface area (Å²) in [6.45, 7) is 16.6. The average molecular weight is 769 g/mol. The molecule has 13 nitrogen and oxygen atoms in total. The van der Waals surface area contributed by atoms with E-state index >= 15 is 4.79 Å². The molecule has 4 aliphatic carbocycles. The molecule has 0 aromatic carbocycles. The monoisotopic (exact) mass is 769 g/mol. The Bertz CT molecular complexity index is 1520. The van der Waals surface area contributed by atoms with Crippen LogP contribution in [0.25, 0.3) is 0 Å². The Morgan fingerprint density at radius 3 is 1.96 bits per heavy atom. The molecule has 0 bridgehead atoms. The number of fused-ring (bicyclic) bond motifs is 1. The number of primary amides is 1. The zero-order chi connectivity index (χ0) is 40.1. The van der Waals surface area contributed by atoms with Gasteiger partial charge in [-0.1, -0.05) is 79.6 Å². The molecule has 0 aromatic rings. The summed E-state index contributed by atoms with van der Waals surface area (Å²) in [5, 5.41) is 9.18. The molecule has 2 aliphatic heterocycles. The summed E-state index contributed by atoms with van der Waals surface area (Å²) in [4.78, 5) is 87.0. The van der Waals surface area contributed by atoms with Crippen LogP contribution in [0, 0.1) is 33.5 Å². The smallest absolute Gasteiger partial charge is 0.287 e. The van der Waals surface area contributed by atoms with Crippen LogP contribution in [0.5, 0.6) is 0 Å². The van der Waals surface area contributed by atoms with Gasteiger partial charge in [-0.25, -0.2) is 0 Å². The van der Waals surface area contributed by atoms with Crippen molar-refractivity contribution in [3.8, 4) is 0 Å². The van der Waals surface area contributed by atoms with Gasteiger partial charge in [0.2, 0.25) is 29.4 Å². The molecular formula is C42H68N6O7. The maximum Gasteiger partial charge on any atom is 0.287 e. The van der Waals surface area contributed by atoms with Crippen molar-refractivity contribution in [2.45, 2.75) is 162 Å². The molecule has 1 unspecified atom stereocenters. The number of rotatable bonds is 13. The molecule has 6 aliphatic rings. The van der Waals surface area contributed by atoms with Crippen LogP contribution in [0.3, 0.4) is 0 Å². The van der Waals surface area contributed by atoms with Crippen molar-refractivity contribution >= 4 is 35.3 Å². The largest absolute Gasteiger partial charge is 0.379 e. The third-order valence-corrected chi connectivity index (χ3v) is 15.5. The van der Waals surface area contributed by atoms with Gasteiger partial charge in [0.1, 0.15) is 18.1 Å². The lowest BCUT2D eigenvalue weighted by Gasteiger charge is -2.41. The minimum atomic E-state index is -1.08.